The Morgan fingerprint density at radius 1 is 1.30 bits per heavy atom. The maximum Gasteiger partial charge on any atom is 0.271 e. The number of ketones is 1. The second-order valence-corrected chi connectivity index (χ2v) is 11.4. The Morgan fingerprint density at radius 3 is 2.58 bits per heavy atom. The SMILES string of the molecule is Cc1ccc([N+](=O)[O-])cc1N1C(N)=C(C#N)C(c2cc(Br)c(C)s2)C2=C1CC(C)(C)CC2=O. The quantitative estimate of drug-likeness (QED) is 0.388. The van der Waals surface area contributed by atoms with Crippen LogP contribution < -0.4 is 10.6 Å². The highest BCUT2D eigenvalue weighted by molar-refractivity contribution is 9.10. The lowest BCUT2D eigenvalue weighted by Crippen LogP contribution is -2.42. The molecule has 1 aromatic carbocycles. The van der Waals surface area contributed by atoms with Crippen LogP contribution in [0.25, 0.3) is 0 Å². The number of benzene rings is 1. The predicted molar refractivity (Wildman–Crippen MR) is 132 cm³/mol. The van der Waals surface area contributed by atoms with Crippen LogP contribution in [0.4, 0.5) is 11.4 Å². The number of rotatable bonds is 3. The molecule has 2 aliphatic rings. The molecule has 1 aromatic heterocycles. The lowest BCUT2D eigenvalue weighted by atomic mass is 9.69. The number of nitrogens with two attached hydrogens (primary N) is 1. The van der Waals surface area contributed by atoms with E-state index < -0.39 is 10.8 Å². The highest BCUT2D eigenvalue weighted by Gasteiger charge is 2.45. The fraction of sp³-hybridized carbons (Fsp3) is 0.333. The van der Waals surface area contributed by atoms with Crippen molar-refractivity contribution < 1.29 is 9.72 Å². The monoisotopic (exact) mass is 526 g/mol. The summed E-state index contributed by atoms with van der Waals surface area (Å²) >= 11 is 5.07. The van der Waals surface area contributed by atoms with Gasteiger partial charge in [0.2, 0.25) is 0 Å². The zero-order valence-electron chi connectivity index (χ0n) is 18.7. The minimum absolute atomic E-state index is 0.0261. The molecule has 7 nitrogen and oxygen atoms in total. The van der Waals surface area contributed by atoms with Gasteiger partial charge in [0, 0.05) is 44.1 Å². The number of thiophene rings is 1. The van der Waals surface area contributed by atoms with Gasteiger partial charge in [0.1, 0.15) is 5.82 Å². The number of anilines is 1. The van der Waals surface area contributed by atoms with Crippen LogP contribution in [0.5, 0.6) is 0 Å². The summed E-state index contributed by atoms with van der Waals surface area (Å²) in [6.45, 7) is 7.85. The van der Waals surface area contributed by atoms with Gasteiger partial charge in [0.15, 0.2) is 5.78 Å². The van der Waals surface area contributed by atoms with E-state index in [0.29, 0.717) is 29.8 Å². The molecule has 0 radical (unpaired) electrons. The Kier molecular flexibility index (Phi) is 5.71. The Balaban J connectivity index is 2.04. The number of allylic oxidation sites excluding steroid dienone is 3. The summed E-state index contributed by atoms with van der Waals surface area (Å²) in [6.07, 6.45) is 0.909. The summed E-state index contributed by atoms with van der Waals surface area (Å²) in [5.74, 6) is -0.377. The average molecular weight is 527 g/mol. The third-order valence-corrected chi connectivity index (χ3v) is 8.39. The van der Waals surface area contributed by atoms with Crippen molar-refractivity contribution in [1.82, 2.24) is 0 Å². The van der Waals surface area contributed by atoms with E-state index in [9.17, 15) is 20.2 Å². The molecule has 1 aliphatic carbocycles. The number of hydrogen-bond donors (Lipinski definition) is 1. The summed E-state index contributed by atoms with van der Waals surface area (Å²) in [7, 11) is 0. The van der Waals surface area contributed by atoms with E-state index in [4.69, 9.17) is 5.73 Å². The van der Waals surface area contributed by atoms with Gasteiger partial charge in [-0.05, 0) is 53.2 Å². The van der Waals surface area contributed by atoms with Crippen LogP contribution in [0.1, 0.15) is 47.9 Å². The van der Waals surface area contributed by atoms with Gasteiger partial charge in [-0.2, -0.15) is 5.26 Å². The number of halogens is 1. The highest BCUT2D eigenvalue weighted by Crippen LogP contribution is 2.52. The minimum Gasteiger partial charge on any atom is -0.384 e. The number of nitriles is 1. The zero-order valence-corrected chi connectivity index (χ0v) is 21.1. The molecule has 0 saturated heterocycles. The maximum absolute atomic E-state index is 13.6. The Labute approximate surface area is 204 Å². The molecular formula is C24H23BrN4O3S. The van der Waals surface area contributed by atoms with Crippen LogP contribution in [0.2, 0.25) is 0 Å². The van der Waals surface area contributed by atoms with Crippen molar-refractivity contribution in [1.29, 1.82) is 5.26 Å². The molecule has 2 heterocycles. The molecule has 2 N–H and O–H groups in total. The number of nitrogens with zero attached hydrogens (tertiary/aromatic N) is 3. The summed E-state index contributed by atoms with van der Waals surface area (Å²) in [5, 5.41) is 21.6. The van der Waals surface area contributed by atoms with Gasteiger partial charge in [0.25, 0.3) is 5.69 Å². The second kappa shape index (κ2) is 8.12. The number of Topliss-reactive ketones (excluding diaryl/α,β-unsaturated/α-hetero) is 1. The van der Waals surface area contributed by atoms with E-state index in [1.54, 1.807) is 11.0 Å². The lowest BCUT2D eigenvalue weighted by Gasteiger charge is -2.43. The summed E-state index contributed by atoms with van der Waals surface area (Å²) in [6, 6.07) is 8.75. The maximum atomic E-state index is 13.6. The average Bonchev–Trinajstić information content (AvgIpc) is 3.05. The Hall–Kier alpha value is -2.96. The van der Waals surface area contributed by atoms with Gasteiger partial charge in [-0.1, -0.05) is 19.9 Å². The van der Waals surface area contributed by atoms with Crippen molar-refractivity contribution >= 4 is 44.4 Å². The standard InChI is InChI=1S/C24H23BrN4O3S/c1-12-5-6-14(29(31)32)7-17(12)28-18-9-24(3,4)10-19(30)22(18)21(15(11-26)23(28)27)20-8-16(25)13(2)33-20/h5-8,21H,9-10,27H2,1-4H3. The summed E-state index contributed by atoms with van der Waals surface area (Å²) in [5.41, 5.74) is 9.06. The van der Waals surface area contributed by atoms with E-state index in [0.717, 1.165) is 19.8 Å². The first-order valence-corrected chi connectivity index (χ1v) is 12.0. The topological polar surface area (TPSA) is 113 Å². The summed E-state index contributed by atoms with van der Waals surface area (Å²) < 4.78 is 0.918. The Bertz CT molecular complexity index is 1300. The van der Waals surface area contributed by atoms with Crippen molar-refractivity contribution in [3.63, 3.8) is 0 Å². The molecule has 4 rings (SSSR count). The molecule has 0 amide bonds. The molecule has 170 valence electrons. The molecule has 1 atom stereocenters. The van der Waals surface area contributed by atoms with Crippen molar-refractivity contribution in [2.24, 2.45) is 11.1 Å². The molecule has 0 fully saturated rings. The van der Waals surface area contributed by atoms with E-state index in [1.807, 2.05) is 33.8 Å². The van der Waals surface area contributed by atoms with E-state index in [1.165, 1.54) is 23.5 Å². The summed E-state index contributed by atoms with van der Waals surface area (Å²) in [4.78, 5) is 28.2. The minimum atomic E-state index is -0.557. The van der Waals surface area contributed by atoms with E-state index >= 15 is 0 Å². The van der Waals surface area contributed by atoms with Crippen LogP contribution in [0.3, 0.4) is 0 Å². The first-order valence-electron chi connectivity index (χ1n) is 10.4. The Morgan fingerprint density at radius 2 is 2.00 bits per heavy atom. The number of carbonyl (C=O) groups excluding carboxylic acids is 1. The second-order valence-electron chi connectivity index (χ2n) is 9.26. The third kappa shape index (κ3) is 3.87. The van der Waals surface area contributed by atoms with Gasteiger partial charge in [0.05, 0.1) is 28.2 Å². The first-order chi connectivity index (χ1) is 15.4. The number of nitro benzene ring substituents is 1. The normalized spacial score (nSPS) is 20.1. The smallest absolute Gasteiger partial charge is 0.271 e. The van der Waals surface area contributed by atoms with Crippen LogP contribution in [0, 0.1) is 40.7 Å². The van der Waals surface area contributed by atoms with Crippen molar-refractivity contribution in [3.8, 4) is 6.07 Å². The number of nitro groups is 1. The molecule has 1 aliphatic heterocycles. The molecular weight excluding hydrogens is 504 g/mol. The fourth-order valence-electron chi connectivity index (χ4n) is 4.64. The highest BCUT2D eigenvalue weighted by atomic mass is 79.9. The predicted octanol–water partition coefficient (Wildman–Crippen LogP) is 5.98. The molecule has 0 bridgehead atoms. The number of non-ortho nitro benzene ring substituents is 1. The van der Waals surface area contributed by atoms with Crippen LogP contribution >= 0.6 is 27.3 Å². The molecule has 0 spiro atoms. The molecule has 2 aromatic rings. The molecule has 9 heteroatoms. The van der Waals surface area contributed by atoms with Gasteiger partial charge in [-0.25, -0.2) is 0 Å². The zero-order chi connectivity index (χ0) is 24.2. The van der Waals surface area contributed by atoms with Crippen molar-refractivity contribution in [2.75, 3.05) is 4.90 Å². The first kappa shape index (κ1) is 23.2. The van der Waals surface area contributed by atoms with Gasteiger partial charge >= 0.3 is 0 Å². The van der Waals surface area contributed by atoms with Crippen molar-refractivity contribution in [2.45, 2.75) is 46.5 Å². The molecule has 0 saturated carbocycles. The van der Waals surface area contributed by atoms with Crippen LogP contribution in [0.15, 0.2) is 51.4 Å². The van der Waals surface area contributed by atoms with Gasteiger partial charge in [-0.15, -0.1) is 11.3 Å². The molecule has 33 heavy (non-hydrogen) atoms. The van der Waals surface area contributed by atoms with Crippen LogP contribution in [-0.4, -0.2) is 10.7 Å². The molecule has 1 unspecified atom stereocenters. The van der Waals surface area contributed by atoms with Gasteiger partial charge in [-0.3, -0.25) is 19.8 Å². The lowest BCUT2D eigenvalue weighted by molar-refractivity contribution is -0.384. The van der Waals surface area contributed by atoms with Gasteiger partial charge < -0.3 is 5.73 Å². The van der Waals surface area contributed by atoms with E-state index in [-0.39, 0.29) is 28.3 Å². The number of carbonyl (C=O) groups is 1. The number of hydrogen-bond acceptors (Lipinski definition) is 7. The third-order valence-electron chi connectivity index (χ3n) is 6.19. The van der Waals surface area contributed by atoms with E-state index in [2.05, 4.69) is 22.0 Å². The van der Waals surface area contributed by atoms with Crippen LogP contribution in [-0.2, 0) is 4.79 Å². The van der Waals surface area contributed by atoms with Crippen molar-refractivity contribution in [3.05, 3.63) is 76.8 Å². The largest absolute Gasteiger partial charge is 0.384 e. The number of aryl methyl sites for hydroxylation is 2. The fourth-order valence-corrected chi connectivity index (χ4v) is 6.33.